The van der Waals surface area contributed by atoms with E-state index in [0.717, 1.165) is 10.8 Å². The van der Waals surface area contributed by atoms with Crippen LogP contribution < -0.4 is 10.2 Å². The number of rotatable bonds is 6. The lowest BCUT2D eigenvalue weighted by molar-refractivity contribution is -0.131. The molecule has 0 fully saturated rings. The molecule has 0 saturated heterocycles. The molecular weight excluding hydrogens is 316 g/mol. The molecule has 6 nitrogen and oxygen atoms in total. The summed E-state index contributed by atoms with van der Waals surface area (Å²) in [6, 6.07) is 10.9. The molecule has 0 saturated carbocycles. The number of nitrogens with one attached hydrogen (secondary N) is 2. The standard InChI is InChI=1S/C16H18N2O4S/c1-3-11(2)15(16(19)17-20)18-23(21,22)14-9-8-12-6-4-5-7-13(12)10-14/h3-11,15,18,20H,1H2,2H3,(H,17,19). The van der Waals surface area contributed by atoms with E-state index in [9.17, 15) is 13.2 Å². The molecule has 2 aromatic rings. The lowest BCUT2D eigenvalue weighted by atomic mass is 10.0. The highest BCUT2D eigenvalue weighted by Gasteiger charge is 2.29. The SMILES string of the molecule is C=CC(C)C(NS(=O)(=O)c1ccc2ccccc2c1)C(=O)NO. The quantitative estimate of drug-likeness (QED) is 0.426. The zero-order valence-corrected chi connectivity index (χ0v) is 13.4. The van der Waals surface area contributed by atoms with Gasteiger partial charge in [-0.15, -0.1) is 6.58 Å². The number of benzene rings is 2. The molecule has 2 aromatic carbocycles. The number of carbonyl (C=O) groups is 1. The number of hydrogen-bond acceptors (Lipinski definition) is 4. The summed E-state index contributed by atoms with van der Waals surface area (Å²) in [6.07, 6.45) is 1.43. The summed E-state index contributed by atoms with van der Waals surface area (Å²) < 4.78 is 27.3. The third-order valence-electron chi connectivity index (χ3n) is 3.60. The molecule has 2 unspecified atom stereocenters. The molecule has 0 bridgehead atoms. The fourth-order valence-corrected chi connectivity index (χ4v) is 3.50. The molecule has 0 radical (unpaired) electrons. The van der Waals surface area contributed by atoms with Crippen molar-refractivity contribution in [2.45, 2.75) is 17.9 Å². The second-order valence-corrected chi connectivity index (χ2v) is 6.89. The first-order chi connectivity index (χ1) is 10.9. The van der Waals surface area contributed by atoms with Crippen LogP contribution in [0.2, 0.25) is 0 Å². The van der Waals surface area contributed by atoms with Crippen molar-refractivity contribution >= 4 is 26.7 Å². The third-order valence-corrected chi connectivity index (χ3v) is 5.04. The Morgan fingerprint density at radius 3 is 2.48 bits per heavy atom. The number of hydroxylamine groups is 1. The Morgan fingerprint density at radius 2 is 1.87 bits per heavy atom. The van der Waals surface area contributed by atoms with Gasteiger partial charge in [0.1, 0.15) is 6.04 Å². The van der Waals surface area contributed by atoms with Crippen molar-refractivity contribution in [1.82, 2.24) is 10.2 Å². The molecule has 0 spiro atoms. The van der Waals surface area contributed by atoms with Gasteiger partial charge in [-0.1, -0.05) is 43.3 Å². The van der Waals surface area contributed by atoms with E-state index in [1.54, 1.807) is 19.1 Å². The highest BCUT2D eigenvalue weighted by Crippen LogP contribution is 2.20. The lowest BCUT2D eigenvalue weighted by Crippen LogP contribution is -2.49. The summed E-state index contributed by atoms with van der Waals surface area (Å²) in [4.78, 5) is 11.7. The van der Waals surface area contributed by atoms with E-state index < -0.39 is 27.9 Å². The van der Waals surface area contributed by atoms with Crippen LogP contribution in [-0.2, 0) is 14.8 Å². The minimum Gasteiger partial charge on any atom is -0.289 e. The Bertz CT molecular complexity index is 833. The number of fused-ring (bicyclic) bond motifs is 1. The zero-order chi connectivity index (χ0) is 17.0. The summed E-state index contributed by atoms with van der Waals surface area (Å²) in [5.41, 5.74) is 1.47. The van der Waals surface area contributed by atoms with E-state index in [4.69, 9.17) is 5.21 Å². The summed E-state index contributed by atoms with van der Waals surface area (Å²) in [6.45, 7) is 5.17. The Kier molecular flexibility index (Phi) is 5.15. The molecule has 0 heterocycles. The van der Waals surface area contributed by atoms with E-state index in [0.29, 0.717) is 0 Å². The van der Waals surface area contributed by atoms with E-state index in [1.807, 2.05) is 18.2 Å². The van der Waals surface area contributed by atoms with E-state index in [1.165, 1.54) is 23.7 Å². The van der Waals surface area contributed by atoms with Crippen molar-refractivity contribution in [3.05, 3.63) is 55.1 Å². The second kappa shape index (κ2) is 6.91. The Labute approximate surface area is 134 Å². The molecule has 2 atom stereocenters. The van der Waals surface area contributed by atoms with Crippen molar-refractivity contribution in [2.75, 3.05) is 0 Å². The molecule has 0 aliphatic rings. The van der Waals surface area contributed by atoms with Gasteiger partial charge in [0.05, 0.1) is 4.90 Å². The number of hydrogen-bond donors (Lipinski definition) is 3. The van der Waals surface area contributed by atoms with Crippen LogP contribution in [0.1, 0.15) is 6.92 Å². The normalized spacial score (nSPS) is 14.2. The Balaban J connectivity index is 2.38. The summed E-state index contributed by atoms with van der Waals surface area (Å²) >= 11 is 0. The fraction of sp³-hybridized carbons (Fsp3) is 0.188. The van der Waals surface area contributed by atoms with Gasteiger partial charge in [0, 0.05) is 0 Å². The summed E-state index contributed by atoms with van der Waals surface area (Å²) in [5.74, 6) is -1.35. The molecule has 0 aliphatic carbocycles. The lowest BCUT2D eigenvalue weighted by Gasteiger charge is -2.20. The predicted molar refractivity (Wildman–Crippen MR) is 87.3 cm³/mol. The van der Waals surface area contributed by atoms with Crippen molar-refractivity contribution in [3.8, 4) is 0 Å². The zero-order valence-electron chi connectivity index (χ0n) is 12.6. The Morgan fingerprint density at radius 1 is 1.22 bits per heavy atom. The summed E-state index contributed by atoms with van der Waals surface area (Å²) in [7, 11) is -3.93. The van der Waals surface area contributed by atoms with Crippen LogP contribution >= 0.6 is 0 Å². The fourth-order valence-electron chi connectivity index (χ4n) is 2.17. The molecule has 0 aromatic heterocycles. The average Bonchev–Trinajstić information content (AvgIpc) is 2.57. The van der Waals surface area contributed by atoms with Crippen LogP contribution in [0.5, 0.6) is 0 Å². The first-order valence-corrected chi connectivity index (χ1v) is 8.45. The molecule has 7 heteroatoms. The Hall–Kier alpha value is -2.22. The minimum absolute atomic E-state index is 0.0446. The van der Waals surface area contributed by atoms with Gasteiger partial charge in [-0.2, -0.15) is 4.72 Å². The van der Waals surface area contributed by atoms with Crippen LogP contribution in [0.3, 0.4) is 0 Å². The molecular formula is C16H18N2O4S. The molecule has 2 rings (SSSR count). The van der Waals surface area contributed by atoms with Gasteiger partial charge in [-0.3, -0.25) is 10.0 Å². The largest absolute Gasteiger partial charge is 0.289 e. The van der Waals surface area contributed by atoms with Gasteiger partial charge in [0.25, 0.3) is 5.91 Å². The number of sulfonamides is 1. The smallest absolute Gasteiger partial charge is 0.262 e. The van der Waals surface area contributed by atoms with Crippen molar-refractivity contribution in [3.63, 3.8) is 0 Å². The molecule has 23 heavy (non-hydrogen) atoms. The van der Waals surface area contributed by atoms with Gasteiger partial charge in [0.2, 0.25) is 10.0 Å². The molecule has 1 amide bonds. The van der Waals surface area contributed by atoms with Crippen LogP contribution in [0.4, 0.5) is 0 Å². The second-order valence-electron chi connectivity index (χ2n) is 5.18. The predicted octanol–water partition coefficient (Wildman–Crippen LogP) is 1.81. The van der Waals surface area contributed by atoms with Crippen LogP contribution in [-0.4, -0.2) is 25.6 Å². The first-order valence-electron chi connectivity index (χ1n) is 6.96. The molecule has 3 N–H and O–H groups in total. The first kappa shape index (κ1) is 17.1. The monoisotopic (exact) mass is 334 g/mol. The molecule has 0 aliphatic heterocycles. The average molecular weight is 334 g/mol. The van der Waals surface area contributed by atoms with Crippen molar-refractivity contribution in [2.24, 2.45) is 5.92 Å². The highest BCUT2D eigenvalue weighted by molar-refractivity contribution is 7.89. The number of amides is 1. The number of carbonyl (C=O) groups excluding carboxylic acids is 1. The topological polar surface area (TPSA) is 95.5 Å². The van der Waals surface area contributed by atoms with Crippen molar-refractivity contribution < 1.29 is 18.4 Å². The summed E-state index contributed by atoms with van der Waals surface area (Å²) in [5, 5.41) is 10.5. The van der Waals surface area contributed by atoms with Crippen molar-refractivity contribution in [1.29, 1.82) is 0 Å². The highest BCUT2D eigenvalue weighted by atomic mass is 32.2. The maximum absolute atomic E-state index is 12.5. The minimum atomic E-state index is -3.93. The van der Waals surface area contributed by atoms with E-state index in [2.05, 4.69) is 11.3 Å². The van der Waals surface area contributed by atoms with Crippen LogP contribution in [0, 0.1) is 5.92 Å². The van der Waals surface area contributed by atoms with Crippen LogP contribution in [0.15, 0.2) is 60.0 Å². The maximum atomic E-state index is 12.5. The van der Waals surface area contributed by atoms with Gasteiger partial charge in [-0.05, 0) is 28.8 Å². The van der Waals surface area contributed by atoms with Gasteiger partial charge in [-0.25, -0.2) is 13.9 Å². The van der Waals surface area contributed by atoms with E-state index in [-0.39, 0.29) is 4.90 Å². The van der Waals surface area contributed by atoms with Gasteiger partial charge < -0.3 is 0 Å². The van der Waals surface area contributed by atoms with E-state index >= 15 is 0 Å². The third kappa shape index (κ3) is 3.76. The van der Waals surface area contributed by atoms with Gasteiger partial charge in [0.15, 0.2) is 0 Å². The maximum Gasteiger partial charge on any atom is 0.262 e. The van der Waals surface area contributed by atoms with Gasteiger partial charge >= 0.3 is 0 Å². The molecule has 122 valence electrons. The van der Waals surface area contributed by atoms with Crippen LogP contribution in [0.25, 0.3) is 10.8 Å².